The Bertz CT molecular complexity index is 607. The number of carbonyl (C=O) groups is 1. The lowest BCUT2D eigenvalue weighted by molar-refractivity contribution is -0.115. The number of amides is 1. The van der Waals surface area contributed by atoms with E-state index in [-0.39, 0.29) is 5.91 Å². The Morgan fingerprint density at radius 2 is 2.18 bits per heavy atom. The van der Waals surface area contributed by atoms with E-state index in [1.54, 1.807) is 6.20 Å². The number of aromatic nitrogens is 2. The molecule has 0 radical (unpaired) electrons. The van der Waals surface area contributed by atoms with Crippen molar-refractivity contribution in [2.24, 2.45) is 0 Å². The van der Waals surface area contributed by atoms with E-state index in [2.05, 4.69) is 15.3 Å². The van der Waals surface area contributed by atoms with Crippen molar-refractivity contribution in [3.8, 4) is 11.3 Å². The fraction of sp³-hybridized carbons (Fsp3) is 0.154. The maximum Gasteiger partial charge on any atom is 0.228 e. The summed E-state index contributed by atoms with van der Waals surface area (Å²) in [4.78, 5) is 19.7. The first-order valence-electron chi connectivity index (χ1n) is 5.45. The third kappa shape index (κ3) is 1.78. The molecule has 0 unspecified atom stereocenters. The summed E-state index contributed by atoms with van der Waals surface area (Å²) in [7, 11) is 0. The molecule has 1 N–H and O–H groups in total. The summed E-state index contributed by atoms with van der Waals surface area (Å²) in [6.07, 6.45) is 2.20. The second-order valence-corrected chi connectivity index (χ2v) is 4.09. The Labute approximate surface area is 98.7 Å². The first-order chi connectivity index (χ1) is 8.22. The van der Waals surface area contributed by atoms with Gasteiger partial charge in [-0.1, -0.05) is 6.07 Å². The van der Waals surface area contributed by atoms with Gasteiger partial charge in [-0.25, -0.2) is 9.97 Å². The molecule has 0 atom stereocenters. The molecule has 0 spiro atoms. The smallest absolute Gasteiger partial charge is 0.228 e. The van der Waals surface area contributed by atoms with E-state index in [9.17, 15) is 4.79 Å². The number of rotatable bonds is 1. The van der Waals surface area contributed by atoms with Crippen LogP contribution in [0.15, 0.2) is 30.5 Å². The highest BCUT2D eigenvalue weighted by Gasteiger charge is 2.17. The highest BCUT2D eigenvalue weighted by Crippen LogP contribution is 2.27. The summed E-state index contributed by atoms with van der Waals surface area (Å²) in [5, 5.41) is 2.82. The molecule has 0 aliphatic carbocycles. The zero-order valence-corrected chi connectivity index (χ0v) is 9.40. The molecular weight excluding hydrogens is 214 g/mol. The van der Waals surface area contributed by atoms with Crippen LogP contribution in [0.2, 0.25) is 0 Å². The number of fused-ring (bicyclic) bond motifs is 1. The van der Waals surface area contributed by atoms with Gasteiger partial charge in [0.25, 0.3) is 0 Å². The van der Waals surface area contributed by atoms with Gasteiger partial charge in [0.2, 0.25) is 5.91 Å². The van der Waals surface area contributed by atoms with Gasteiger partial charge in [0.1, 0.15) is 5.82 Å². The van der Waals surface area contributed by atoms with Crippen LogP contribution < -0.4 is 5.32 Å². The van der Waals surface area contributed by atoms with Crippen molar-refractivity contribution < 1.29 is 4.79 Å². The highest BCUT2D eigenvalue weighted by atomic mass is 16.1. The van der Waals surface area contributed by atoms with Gasteiger partial charge in [-0.2, -0.15) is 0 Å². The highest BCUT2D eigenvalue weighted by molar-refractivity contribution is 5.99. The number of hydrogen-bond acceptors (Lipinski definition) is 3. The minimum atomic E-state index is 0.0519. The summed E-state index contributed by atoms with van der Waals surface area (Å²) >= 11 is 0. The van der Waals surface area contributed by atoms with Crippen molar-refractivity contribution in [1.82, 2.24) is 9.97 Å². The van der Waals surface area contributed by atoms with E-state index < -0.39 is 0 Å². The quantitative estimate of drug-likeness (QED) is 0.807. The second-order valence-electron chi connectivity index (χ2n) is 4.09. The molecular formula is C13H11N3O. The summed E-state index contributed by atoms with van der Waals surface area (Å²) < 4.78 is 0. The number of nitrogens with one attached hydrogen (secondary N) is 1. The normalized spacial score (nSPS) is 13.4. The van der Waals surface area contributed by atoms with Crippen molar-refractivity contribution in [1.29, 1.82) is 0 Å². The molecule has 1 aromatic heterocycles. The van der Waals surface area contributed by atoms with Gasteiger partial charge in [-0.3, -0.25) is 4.79 Å². The number of carbonyl (C=O) groups excluding carboxylic acids is 1. The molecule has 0 fully saturated rings. The molecule has 2 aromatic rings. The molecule has 4 nitrogen and oxygen atoms in total. The maximum absolute atomic E-state index is 11.3. The number of nitrogens with zero attached hydrogens (tertiary/aromatic N) is 2. The van der Waals surface area contributed by atoms with Crippen LogP contribution in [0.25, 0.3) is 11.3 Å². The van der Waals surface area contributed by atoms with Gasteiger partial charge < -0.3 is 5.32 Å². The lowest BCUT2D eigenvalue weighted by Gasteiger charge is -2.04. The van der Waals surface area contributed by atoms with Gasteiger partial charge in [0.05, 0.1) is 12.1 Å². The number of anilines is 1. The molecule has 1 amide bonds. The Morgan fingerprint density at radius 1 is 1.29 bits per heavy atom. The average Bonchev–Trinajstić information content (AvgIpc) is 2.68. The molecule has 3 rings (SSSR count). The Balaban J connectivity index is 2.06. The van der Waals surface area contributed by atoms with Crippen LogP contribution in [0.1, 0.15) is 11.4 Å². The Hall–Kier alpha value is -2.23. The Kier molecular flexibility index (Phi) is 2.14. The van der Waals surface area contributed by atoms with E-state index in [4.69, 9.17) is 0 Å². The SMILES string of the molecule is Cc1nccc(-c2ccc3c(c2)CC(=O)N3)n1. The maximum atomic E-state index is 11.3. The second kappa shape index (κ2) is 3.66. The minimum Gasteiger partial charge on any atom is -0.326 e. The van der Waals surface area contributed by atoms with Gasteiger partial charge in [0, 0.05) is 17.4 Å². The zero-order chi connectivity index (χ0) is 11.8. The molecule has 1 aliphatic heterocycles. The van der Waals surface area contributed by atoms with E-state index in [0.717, 1.165) is 28.3 Å². The molecule has 1 aromatic carbocycles. The minimum absolute atomic E-state index is 0.0519. The van der Waals surface area contributed by atoms with Crippen LogP contribution in [0.3, 0.4) is 0 Å². The molecule has 2 heterocycles. The molecule has 17 heavy (non-hydrogen) atoms. The summed E-state index contributed by atoms with van der Waals surface area (Å²) in [5.41, 5.74) is 3.85. The van der Waals surface area contributed by atoms with E-state index >= 15 is 0 Å². The Morgan fingerprint density at radius 3 is 3.00 bits per heavy atom. The fourth-order valence-electron chi connectivity index (χ4n) is 2.01. The standard InChI is InChI=1S/C13H11N3O/c1-8-14-5-4-12(15-8)9-2-3-11-10(6-9)7-13(17)16-11/h2-6H,7H2,1H3,(H,16,17). The predicted octanol–water partition coefficient (Wildman–Crippen LogP) is 1.95. The van der Waals surface area contributed by atoms with Gasteiger partial charge in [-0.05, 0) is 30.7 Å². The summed E-state index contributed by atoms with van der Waals surface area (Å²) in [5.74, 6) is 0.799. The summed E-state index contributed by atoms with van der Waals surface area (Å²) in [6.45, 7) is 1.86. The number of hydrogen-bond donors (Lipinski definition) is 1. The molecule has 1 aliphatic rings. The van der Waals surface area contributed by atoms with Gasteiger partial charge in [0.15, 0.2) is 0 Å². The largest absolute Gasteiger partial charge is 0.326 e. The van der Waals surface area contributed by atoms with E-state index in [1.807, 2.05) is 31.2 Å². The number of aryl methyl sites for hydroxylation is 1. The first-order valence-corrected chi connectivity index (χ1v) is 5.45. The van der Waals surface area contributed by atoms with Crippen LogP contribution in [0.5, 0.6) is 0 Å². The van der Waals surface area contributed by atoms with Crippen LogP contribution >= 0.6 is 0 Å². The van der Waals surface area contributed by atoms with Crippen LogP contribution in [-0.2, 0) is 11.2 Å². The third-order valence-corrected chi connectivity index (χ3v) is 2.80. The molecule has 0 saturated carbocycles. The average molecular weight is 225 g/mol. The predicted molar refractivity (Wildman–Crippen MR) is 64.5 cm³/mol. The van der Waals surface area contributed by atoms with E-state index in [0.29, 0.717) is 6.42 Å². The van der Waals surface area contributed by atoms with Gasteiger partial charge in [-0.15, -0.1) is 0 Å². The molecule has 0 saturated heterocycles. The van der Waals surface area contributed by atoms with Crippen molar-refractivity contribution in [3.63, 3.8) is 0 Å². The van der Waals surface area contributed by atoms with Gasteiger partial charge >= 0.3 is 0 Å². The van der Waals surface area contributed by atoms with Crippen molar-refractivity contribution in [3.05, 3.63) is 41.9 Å². The lowest BCUT2D eigenvalue weighted by Crippen LogP contribution is -2.03. The van der Waals surface area contributed by atoms with Crippen LogP contribution in [0.4, 0.5) is 5.69 Å². The van der Waals surface area contributed by atoms with E-state index in [1.165, 1.54) is 0 Å². The van der Waals surface area contributed by atoms with Crippen LogP contribution in [0, 0.1) is 6.92 Å². The monoisotopic (exact) mass is 225 g/mol. The zero-order valence-electron chi connectivity index (χ0n) is 9.40. The summed E-state index contributed by atoms with van der Waals surface area (Å²) in [6, 6.07) is 7.77. The lowest BCUT2D eigenvalue weighted by atomic mass is 10.1. The molecule has 84 valence electrons. The number of benzene rings is 1. The fourth-order valence-corrected chi connectivity index (χ4v) is 2.01. The van der Waals surface area contributed by atoms with Crippen molar-refractivity contribution in [2.75, 3.05) is 5.32 Å². The molecule has 0 bridgehead atoms. The topological polar surface area (TPSA) is 54.9 Å². The molecule has 4 heteroatoms. The first kappa shape index (κ1) is 9.96. The van der Waals surface area contributed by atoms with Crippen molar-refractivity contribution in [2.45, 2.75) is 13.3 Å². The third-order valence-electron chi connectivity index (χ3n) is 2.80. The van der Waals surface area contributed by atoms with Crippen LogP contribution in [-0.4, -0.2) is 15.9 Å². The van der Waals surface area contributed by atoms with Crippen molar-refractivity contribution >= 4 is 11.6 Å².